The fourth-order valence-corrected chi connectivity index (χ4v) is 11.3. The predicted molar refractivity (Wildman–Crippen MR) is 204 cm³/mol. The monoisotopic (exact) mass is 674 g/mol. The van der Waals surface area contributed by atoms with Gasteiger partial charge in [-0.25, -0.2) is 0 Å². The molecule has 45 heavy (non-hydrogen) atoms. The van der Waals surface area contributed by atoms with Crippen LogP contribution in [-0.4, -0.2) is 50.6 Å². The summed E-state index contributed by atoms with van der Waals surface area (Å²) in [5.74, 6) is 1.37. The van der Waals surface area contributed by atoms with Crippen molar-refractivity contribution in [3.8, 4) is 0 Å². The fourth-order valence-electron chi connectivity index (χ4n) is 7.07. The van der Waals surface area contributed by atoms with Crippen LogP contribution in [0.3, 0.4) is 0 Å². The molecule has 0 bridgehead atoms. The third-order valence-electron chi connectivity index (χ3n) is 12.7. The van der Waals surface area contributed by atoms with E-state index in [2.05, 4.69) is 120 Å². The molecule has 6 heteroatoms. The maximum atomic E-state index is 10.9. The van der Waals surface area contributed by atoms with Gasteiger partial charge < -0.3 is 14.0 Å². The minimum Gasteiger partial charge on any atom is -0.413 e. The van der Waals surface area contributed by atoms with Crippen LogP contribution in [-0.2, 0) is 8.85 Å². The molecular formula is C39H70O3SSi2. The Balaban J connectivity index is 1.88. The van der Waals surface area contributed by atoms with E-state index in [4.69, 9.17) is 8.85 Å². The van der Waals surface area contributed by atoms with Crippen LogP contribution < -0.4 is 0 Å². The molecule has 0 aromatic rings. The van der Waals surface area contributed by atoms with Gasteiger partial charge in [0.05, 0.1) is 17.8 Å². The zero-order valence-electron chi connectivity index (χ0n) is 31.8. The van der Waals surface area contributed by atoms with Crippen LogP contribution in [0.4, 0.5) is 0 Å². The lowest BCUT2D eigenvalue weighted by molar-refractivity contribution is 0.0571. The molecule has 5 atom stereocenters. The number of hydrogen-bond acceptors (Lipinski definition) is 4. The van der Waals surface area contributed by atoms with E-state index in [1.54, 1.807) is 11.1 Å². The summed E-state index contributed by atoms with van der Waals surface area (Å²) < 4.78 is 14.2. The van der Waals surface area contributed by atoms with Crippen molar-refractivity contribution >= 4 is 28.4 Å². The number of hydrogen-bond donors (Lipinski definition) is 1. The highest BCUT2D eigenvalue weighted by atomic mass is 32.2. The Hall–Kier alpha value is -0.376. The summed E-state index contributed by atoms with van der Waals surface area (Å²) in [7, 11) is -3.92. The molecule has 1 N–H and O–H groups in total. The second kappa shape index (κ2) is 14.2. The molecule has 3 rings (SSSR count). The smallest absolute Gasteiger partial charge is 0.192 e. The van der Waals surface area contributed by atoms with Crippen LogP contribution in [0, 0.1) is 11.3 Å². The number of thioether (sulfide) groups is 1. The third-order valence-corrected chi connectivity index (χ3v) is 23.2. The van der Waals surface area contributed by atoms with E-state index >= 15 is 0 Å². The molecule has 0 aliphatic heterocycles. The van der Waals surface area contributed by atoms with E-state index in [0.717, 1.165) is 37.9 Å². The van der Waals surface area contributed by atoms with Crippen LogP contribution >= 0.6 is 11.8 Å². The van der Waals surface area contributed by atoms with Crippen molar-refractivity contribution in [2.45, 2.75) is 180 Å². The minimum absolute atomic E-state index is 0.0122. The molecule has 3 aliphatic carbocycles. The number of fused-ring (bicyclic) bond motifs is 1. The molecule has 0 amide bonds. The van der Waals surface area contributed by atoms with Gasteiger partial charge in [-0.15, -0.1) is 0 Å². The van der Waals surface area contributed by atoms with Crippen LogP contribution in [0.15, 0.2) is 47.1 Å². The van der Waals surface area contributed by atoms with Gasteiger partial charge >= 0.3 is 0 Å². The van der Waals surface area contributed by atoms with Gasteiger partial charge in [0.2, 0.25) is 0 Å². The molecule has 0 saturated heterocycles. The van der Waals surface area contributed by atoms with E-state index in [1.807, 2.05) is 11.8 Å². The Morgan fingerprint density at radius 3 is 2.16 bits per heavy atom. The molecule has 0 heterocycles. The Morgan fingerprint density at radius 2 is 1.60 bits per heavy atom. The standard InChI is InChI=1S/C39H70O3SSi2/c1-16-39(40,17-2)27-43-29(4)33-22-23-34-30(19-18-24-38(33,34)11)20-21-31-25-32(41-44(12,13)36(5,6)7)26-35(28(31)3)42-45(14,15)37(8,9)10/h20-22,29,32,34-35,40H,3,16-19,23-27H2,1-2,4-15H3/b30-20+,31-21-/t29?,32-,34+,35+,38-/m1/s1. The highest BCUT2D eigenvalue weighted by Gasteiger charge is 2.47. The van der Waals surface area contributed by atoms with Crippen molar-refractivity contribution in [1.29, 1.82) is 0 Å². The zero-order chi connectivity index (χ0) is 34.2. The summed E-state index contributed by atoms with van der Waals surface area (Å²) in [6.45, 7) is 37.3. The molecule has 3 nitrogen and oxygen atoms in total. The fraction of sp³-hybridized carbons (Fsp3) is 0.795. The molecule has 258 valence electrons. The van der Waals surface area contributed by atoms with Crippen molar-refractivity contribution in [2.75, 3.05) is 5.75 Å². The number of aliphatic hydroxyl groups is 1. The van der Waals surface area contributed by atoms with Gasteiger partial charge in [-0.1, -0.05) is 98.3 Å². The Bertz CT molecular complexity index is 1150. The first-order valence-electron chi connectivity index (χ1n) is 18.0. The first kappa shape index (κ1) is 39.1. The second-order valence-corrected chi connectivity index (χ2v) is 28.7. The van der Waals surface area contributed by atoms with Crippen LogP contribution in [0.5, 0.6) is 0 Å². The quantitative estimate of drug-likeness (QED) is 0.175. The SMILES string of the molecule is C=C1/C(=C\C=C2/CCC[C@]3(C)C(C(C)SCC(O)(CC)CC)=CC[C@@H]23)C[C@@H](O[Si](C)(C)C(C)(C)C)C[C@@H]1O[Si](C)(C)C(C)(C)C. The molecule has 1 unspecified atom stereocenters. The molecule has 2 fully saturated rings. The van der Waals surface area contributed by atoms with E-state index in [9.17, 15) is 5.11 Å². The lowest BCUT2D eigenvalue weighted by Crippen LogP contribution is -2.49. The Labute approximate surface area is 285 Å². The molecular weight excluding hydrogens is 605 g/mol. The highest BCUT2D eigenvalue weighted by Crippen LogP contribution is 2.57. The molecule has 0 radical (unpaired) electrons. The minimum atomic E-state index is -1.99. The van der Waals surface area contributed by atoms with Crippen molar-refractivity contribution in [2.24, 2.45) is 11.3 Å². The topological polar surface area (TPSA) is 38.7 Å². The third kappa shape index (κ3) is 8.81. The van der Waals surface area contributed by atoms with E-state index in [1.165, 1.54) is 30.4 Å². The maximum absolute atomic E-state index is 10.9. The highest BCUT2D eigenvalue weighted by molar-refractivity contribution is 8.00. The van der Waals surface area contributed by atoms with Crippen LogP contribution in [0.25, 0.3) is 0 Å². The first-order chi connectivity index (χ1) is 20.5. The molecule has 0 aromatic carbocycles. The van der Waals surface area contributed by atoms with Crippen LogP contribution in [0.2, 0.25) is 36.3 Å². The second-order valence-electron chi connectivity index (χ2n) is 17.9. The van der Waals surface area contributed by atoms with Crippen molar-refractivity contribution in [1.82, 2.24) is 0 Å². The van der Waals surface area contributed by atoms with Gasteiger partial charge in [-0.05, 0) is 111 Å². The van der Waals surface area contributed by atoms with Gasteiger partial charge in [0.15, 0.2) is 16.6 Å². The summed E-state index contributed by atoms with van der Waals surface area (Å²) >= 11 is 1.95. The van der Waals surface area contributed by atoms with Crippen LogP contribution in [0.1, 0.15) is 121 Å². The van der Waals surface area contributed by atoms with Gasteiger partial charge in [0.1, 0.15) is 0 Å². The zero-order valence-corrected chi connectivity index (χ0v) is 34.6. The predicted octanol–water partition coefficient (Wildman–Crippen LogP) is 11.8. The first-order valence-corrected chi connectivity index (χ1v) is 24.9. The molecule has 0 aromatic heterocycles. The molecule has 0 spiro atoms. The summed E-state index contributed by atoms with van der Waals surface area (Å²) in [5, 5.41) is 11.7. The van der Waals surface area contributed by atoms with Crippen molar-refractivity contribution in [3.05, 3.63) is 47.1 Å². The summed E-state index contributed by atoms with van der Waals surface area (Å²) in [6, 6.07) is 0. The normalized spacial score (nSPS) is 29.7. The number of rotatable bonds is 11. The lowest BCUT2D eigenvalue weighted by atomic mass is 9.64. The summed E-state index contributed by atoms with van der Waals surface area (Å²) in [5.41, 5.74) is 5.35. The molecule has 2 saturated carbocycles. The Kier molecular flexibility index (Phi) is 12.4. The summed E-state index contributed by atoms with van der Waals surface area (Å²) in [6.07, 6.45) is 15.9. The van der Waals surface area contributed by atoms with Gasteiger partial charge in [-0.3, -0.25) is 0 Å². The van der Waals surface area contributed by atoms with E-state index < -0.39 is 22.2 Å². The van der Waals surface area contributed by atoms with Crippen molar-refractivity contribution in [3.63, 3.8) is 0 Å². The number of allylic oxidation sites excluding steroid dienone is 4. The van der Waals surface area contributed by atoms with E-state index in [-0.39, 0.29) is 27.7 Å². The average molecular weight is 675 g/mol. The van der Waals surface area contributed by atoms with Gasteiger partial charge in [0.25, 0.3) is 0 Å². The van der Waals surface area contributed by atoms with Crippen molar-refractivity contribution < 1.29 is 14.0 Å². The maximum Gasteiger partial charge on any atom is 0.192 e. The molecule has 3 aliphatic rings. The van der Waals surface area contributed by atoms with E-state index in [0.29, 0.717) is 11.2 Å². The van der Waals surface area contributed by atoms with Gasteiger partial charge in [0, 0.05) is 17.4 Å². The Morgan fingerprint density at radius 1 is 1.02 bits per heavy atom. The van der Waals surface area contributed by atoms with Gasteiger partial charge in [-0.2, -0.15) is 11.8 Å². The lowest BCUT2D eigenvalue weighted by Gasteiger charge is -2.45. The largest absolute Gasteiger partial charge is 0.413 e. The average Bonchev–Trinajstić information content (AvgIpc) is 3.28. The summed E-state index contributed by atoms with van der Waals surface area (Å²) in [4.78, 5) is 0.